The molecule has 3 aliphatic rings. The zero-order valence-electron chi connectivity index (χ0n) is 23.7. The molecule has 11 heteroatoms. The van der Waals surface area contributed by atoms with Crippen LogP contribution in [0.1, 0.15) is 43.7 Å². The molecule has 0 aliphatic carbocycles. The number of hydrogen-bond acceptors (Lipinski definition) is 7. The highest BCUT2D eigenvalue weighted by Gasteiger charge is 2.66. The maximum absolute atomic E-state index is 14.4. The SMILES string of the molecule is CCCN1C(=O)C2(C(=C(O)c3ccc(S(=O)(=O)N4CCCC4)cc3)C(=O)C(=O)N2CCCN(C)C)c2ccccc21. The highest BCUT2D eigenvalue weighted by molar-refractivity contribution is 7.89. The molecule has 5 rings (SSSR count). The van der Waals surface area contributed by atoms with E-state index in [-0.39, 0.29) is 22.6 Å². The maximum atomic E-state index is 14.4. The summed E-state index contributed by atoms with van der Waals surface area (Å²) in [4.78, 5) is 46.6. The number of Topliss-reactive ketones (excluding diaryl/α,β-unsaturated/α-hetero) is 1. The summed E-state index contributed by atoms with van der Waals surface area (Å²) in [6.07, 6.45) is 2.76. The molecular formula is C30H36N4O6S. The van der Waals surface area contributed by atoms with Crippen molar-refractivity contribution in [1.82, 2.24) is 14.1 Å². The van der Waals surface area contributed by atoms with Crippen molar-refractivity contribution in [2.45, 2.75) is 43.0 Å². The molecule has 0 bridgehead atoms. The zero-order chi connectivity index (χ0) is 29.5. The molecule has 1 atom stereocenters. The van der Waals surface area contributed by atoms with Gasteiger partial charge in [0.1, 0.15) is 5.76 Å². The summed E-state index contributed by atoms with van der Waals surface area (Å²) in [7, 11) is 0.110. The Labute approximate surface area is 240 Å². The van der Waals surface area contributed by atoms with E-state index in [1.165, 1.54) is 33.5 Å². The smallest absolute Gasteiger partial charge is 0.296 e. The molecule has 2 amide bonds. The van der Waals surface area contributed by atoms with E-state index >= 15 is 0 Å². The number of para-hydroxylation sites is 1. The third-order valence-electron chi connectivity index (χ3n) is 8.07. The van der Waals surface area contributed by atoms with Crippen molar-refractivity contribution in [2.75, 3.05) is 51.7 Å². The second-order valence-corrected chi connectivity index (χ2v) is 12.9. The van der Waals surface area contributed by atoms with E-state index in [0.29, 0.717) is 50.3 Å². The van der Waals surface area contributed by atoms with Crippen LogP contribution >= 0.6 is 0 Å². The van der Waals surface area contributed by atoms with Crippen molar-refractivity contribution >= 4 is 39.1 Å². The first-order valence-electron chi connectivity index (χ1n) is 14.0. The fraction of sp³-hybridized carbons (Fsp3) is 0.433. The largest absolute Gasteiger partial charge is 0.507 e. The van der Waals surface area contributed by atoms with Crippen LogP contribution in [0.15, 0.2) is 59.0 Å². The van der Waals surface area contributed by atoms with Crippen LogP contribution in [-0.2, 0) is 29.9 Å². The van der Waals surface area contributed by atoms with Crippen molar-refractivity contribution in [3.63, 3.8) is 0 Å². The number of rotatable bonds is 9. The Morgan fingerprint density at radius 1 is 0.976 bits per heavy atom. The van der Waals surface area contributed by atoms with Gasteiger partial charge in [-0.15, -0.1) is 0 Å². The average Bonchev–Trinajstić information content (AvgIpc) is 3.64. The summed E-state index contributed by atoms with van der Waals surface area (Å²) < 4.78 is 27.5. The minimum absolute atomic E-state index is 0.0752. The van der Waals surface area contributed by atoms with Crippen molar-refractivity contribution in [2.24, 2.45) is 0 Å². The Hall–Kier alpha value is -3.54. The normalized spacial score (nSPS) is 22.5. The Kier molecular flexibility index (Phi) is 7.80. The number of anilines is 1. The third-order valence-corrected chi connectivity index (χ3v) is 9.99. The molecule has 10 nitrogen and oxygen atoms in total. The molecule has 2 fully saturated rings. The summed E-state index contributed by atoms with van der Waals surface area (Å²) in [5.41, 5.74) is -0.903. The highest BCUT2D eigenvalue weighted by atomic mass is 32.2. The number of amides is 2. The molecule has 2 saturated heterocycles. The number of nitrogens with zero attached hydrogens (tertiary/aromatic N) is 4. The summed E-state index contributed by atoms with van der Waals surface area (Å²) in [6, 6.07) is 12.7. The Bertz CT molecular complexity index is 1510. The van der Waals surface area contributed by atoms with Crippen molar-refractivity contribution in [3.8, 4) is 0 Å². The predicted molar refractivity (Wildman–Crippen MR) is 155 cm³/mol. The number of benzene rings is 2. The van der Waals surface area contributed by atoms with Gasteiger partial charge in [0.25, 0.3) is 17.6 Å². The number of ketones is 1. The summed E-state index contributed by atoms with van der Waals surface area (Å²) >= 11 is 0. The van der Waals surface area contributed by atoms with Gasteiger partial charge in [-0.05, 0) is 76.7 Å². The van der Waals surface area contributed by atoms with Gasteiger partial charge in [0.2, 0.25) is 10.0 Å². The number of fused-ring (bicyclic) bond motifs is 2. The molecule has 2 aromatic rings. The van der Waals surface area contributed by atoms with Gasteiger partial charge in [0.15, 0.2) is 5.54 Å². The van der Waals surface area contributed by atoms with Gasteiger partial charge in [-0.3, -0.25) is 14.4 Å². The van der Waals surface area contributed by atoms with E-state index in [0.717, 1.165) is 12.8 Å². The second-order valence-electron chi connectivity index (χ2n) is 11.0. The van der Waals surface area contributed by atoms with Gasteiger partial charge in [0, 0.05) is 37.3 Å². The second kappa shape index (κ2) is 11.0. The molecule has 0 radical (unpaired) electrons. The third kappa shape index (κ3) is 4.56. The molecule has 0 saturated carbocycles. The molecule has 41 heavy (non-hydrogen) atoms. The number of aliphatic hydroxyl groups is 1. The Morgan fingerprint density at radius 2 is 1.63 bits per heavy atom. The zero-order valence-corrected chi connectivity index (χ0v) is 24.5. The summed E-state index contributed by atoms with van der Waals surface area (Å²) in [5.74, 6) is -2.76. The van der Waals surface area contributed by atoms with Crippen LogP contribution in [0, 0.1) is 0 Å². The molecule has 3 heterocycles. The number of sulfonamides is 1. The number of aliphatic hydroxyl groups excluding tert-OH is 1. The van der Waals surface area contributed by atoms with Crippen LogP contribution in [0.2, 0.25) is 0 Å². The van der Waals surface area contributed by atoms with Crippen molar-refractivity contribution in [1.29, 1.82) is 0 Å². The lowest BCUT2D eigenvalue weighted by molar-refractivity contribution is -0.143. The molecule has 1 spiro atoms. The molecule has 2 aromatic carbocycles. The fourth-order valence-electron chi connectivity index (χ4n) is 6.16. The van der Waals surface area contributed by atoms with Crippen LogP contribution in [0.4, 0.5) is 5.69 Å². The lowest BCUT2D eigenvalue weighted by Crippen LogP contribution is -2.52. The fourth-order valence-corrected chi connectivity index (χ4v) is 7.68. The van der Waals surface area contributed by atoms with Crippen LogP contribution < -0.4 is 4.90 Å². The standard InChI is InChI=1S/C30H36N4O6S/c1-4-16-33-24-11-6-5-10-23(24)30(29(33)38)25(27(36)28(37)34(30)20-9-17-31(2)3)26(35)21-12-14-22(15-13-21)41(39,40)32-18-7-8-19-32/h5-6,10-15,35H,4,7-9,16-20H2,1-3H3. The van der Waals surface area contributed by atoms with Gasteiger partial charge in [0.05, 0.1) is 16.2 Å². The first-order valence-corrected chi connectivity index (χ1v) is 15.5. The molecule has 1 unspecified atom stereocenters. The lowest BCUT2D eigenvalue weighted by atomic mass is 9.82. The highest BCUT2D eigenvalue weighted by Crippen LogP contribution is 2.53. The van der Waals surface area contributed by atoms with E-state index in [1.807, 2.05) is 25.9 Å². The van der Waals surface area contributed by atoms with Gasteiger partial charge < -0.3 is 19.8 Å². The number of carbonyl (C=O) groups is 3. The van der Waals surface area contributed by atoms with E-state index in [1.54, 1.807) is 29.2 Å². The van der Waals surface area contributed by atoms with Crippen molar-refractivity contribution < 1.29 is 27.9 Å². The number of hydrogen-bond donors (Lipinski definition) is 1. The Balaban J connectivity index is 1.67. The number of likely N-dealkylation sites (tertiary alicyclic amines) is 1. The van der Waals surface area contributed by atoms with Gasteiger partial charge in [-0.25, -0.2) is 8.42 Å². The topological polar surface area (TPSA) is 119 Å². The quantitative estimate of drug-likeness (QED) is 0.275. The van der Waals surface area contributed by atoms with Crippen LogP contribution in [0.3, 0.4) is 0 Å². The average molecular weight is 581 g/mol. The van der Waals surface area contributed by atoms with E-state index in [2.05, 4.69) is 0 Å². The predicted octanol–water partition coefficient (Wildman–Crippen LogP) is 2.76. The first-order chi connectivity index (χ1) is 19.6. The molecule has 218 valence electrons. The molecule has 3 aliphatic heterocycles. The van der Waals surface area contributed by atoms with Gasteiger partial charge in [-0.1, -0.05) is 25.1 Å². The molecule has 1 N–H and O–H groups in total. The maximum Gasteiger partial charge on any atom is 0.296 e. The lowest BCUT2D eigenvalue weighted by Gasteiger charge is -2.34. The first kappa shape index (κ1) is 29.0. The van der Waals surface area contributed by atoms with E-state index in [4.69, 9.17) is 0 Å². The van der Waals surface area contributed by atoms with Gasteiger partial charge in [-0.2, -0.15) is 4.31 Å². The summed E-state index contributed by atoms with van der Waals surface area (Å²) in [6.45, 7) is 3.98. The molecular weight excluding hydrogens is 544 g/mol. The van der Waals surface area contributed by atoms with Gasteiger partial charge >= 0.3 is 0 Å². The van der Waals surface area contributed by atoms with Crippen LogP contribution in [-0.4, -0.2) is 92.0 Å². The van der Waals surface area contributed by atoms with Crippen molar-refractivity contribution in [3.05, 3.63) is 65.2 Å². The number of carbonyl (C=O) groups excluding carboxylic acids is 3. The Morgan fingerprint density at radius 3 is 2.27 bits per heavy atom. The van der Waals surface area contributed by atoms with E-state index < -0.39 is 38.9 Å². The summed E-state index contributed by atoms with van der Waals surface area (Å²) in [5, 5.41) is 11.7. The minimum Gasteiger partial charge on any atom is -0.507 e. The van der Waals surface area contributed by atoms with Crippen LogP contribution in [0.25, 0.3) is 5.76 Å². The van der Waals surface area contributed by atoms with Crippen LogP contribution in [0.5, 0.6) is 0 Å². The minimum atomic E-state index is -3.69. The van der Waals surface area contributed by atoms with E-state index in [9.17, 15) is 27.9 Å². The monoisotopic (exact) mass is 580 g/mol. The molecule has 0 aromatic heterocycles.